The Morgan fingerprint density at radius 3 is 2.54 bits per heavy atom. The van der Waals surface area contributed by atoms with Crippen LogP contribution in [-0.4, -0.2) is 44.9 Å². The summed E-state index contributed by atoms with van der Waals surface area (Å²) in [6.07, 6.45) is 1.49. The second-order valence-corrected chi connectivity index (χ2v) is 8.11. The van der Waals surface area contributed by atoms with Gasteiger partial charge >= 0.3 is 0 Å². The monoisotopic (exact) mass is 379 g/mol. The van der Waals surface area contributed by atoms with E-state index in [1.54, 1.807) is 49.4 Å². The molecule has 1 atom stereocenters. The van der Waals surface area contributed by atoms with Gasteiger partial charge in [0, 0.05) is 13.1 Å². The normalized spacial score (nSPS) is 14.7. The first-order valence-electron chi connectivity index (χ1n) is 8.41. The highest BCUT2D eigenvalue weighted by Crippen LogP contribution is 2.21. The second-order valence-electron chi connectivity index (χ2n) is 6.01. The molecule has 142 valence electrons. The Morgan fingerprint density at radius 1 is 1.19 bits per heavy atom. The van der Waals surface area contributed by atoms with Crippen LogP contribution in [0.4, 0.5) is 0 Å². The van der Waals surface area contributed by atoms with E-state index in [1.165, 1.54) is 6.26 Å². The van der Waals surface area contributed by atoms with Crippen LogP contribution in [0.1, 0.15) is 19.6 Å². The summed E-state index contributed by atoms with van der Waals surface area (Å²) in [5.74, 6) is 0.794. The predicted molar refractivity (Wildman–Crippen MR) is 101 cm³/mol. The molecule has 7 nitrogen and oxygen atoms in total. The fourth-order valence-electron chi connectivity index (χ4n) is 2.29. The average Bonchev–Trinajstić information content (AvgIpc) is 3.16. The maximum atomic E-state index is 12.3. The lowest BCUT2D eigenvalue weighted by Gasteiger charge is -2.19. The van der Waals surface area contributed by atoms with Crippen LogP contribution in [0.3, 0.4) is 0 Å². The molecule has 1 unspecified atom stereocenters. The van der Waals surface area contributed by atoms with Crippen LogP contribution in [0, 0.1) is 0 Å². The lowest BCUT2D eigenvalue weighted by molar-refractivity contribution is 0.0437. The maximum absolute atomic E-state index is 12.3. The molecule has 1 aromatic heterocycles. The van der Waals surface area contributed by atoms with Crippen molar-refractivity contribution in [2.24, 2.45) is 4.99 Å². The van der Waals surface area contributed by atoms with Gasteiger partial charge in [-0.3, -0.25) is 0 Å². The van der Waals surface area contributed by atoms with Gasteiger partial charge in [-0.05, 0) is 38.1 Å². The first kappa shape index (κ1) is 20.0. The first-order chi connectivity index (χ1) is 12.3. The summed E-state index contributed by atoms with van der Waals surface area (Å²) in [6.45, 7) is 4.40. The highest BCUT2D eigenvalue weighted by atomic mass is 32.2. The number of aliphatic hydroxyl groups is 1. The summed E-state index contributed by atoms with van der Waals surface area (Å²) >= 11 is 0. The summed E-state index contributed by atoms with van der Waals surface area (Å²) in [4.78, 5) is 4.62. The fourth-order valence-corrected chi connectivity index (χ4v) is 3.47. The topological polar surface area (TPSA) is 104 Å². The molecule has 3 N–H and O–H groups in total. The average molecular weight is 379 g/mol. The van der Waals surface area contributed by atoms with Crippen LogP contribution in [0.25, 0.3) is 0 Å². The minimum atomic E-state index is -3.36. The van der Waals surface area contributed by atoms with Gasteiger partial charge in [0.05, 0.1) is 23.5 Å². The number of nitrogens with one attached hydrogen (secondary N) is 2. The van der Waals surface area contributed by atoms with Gasteiger partial charge in [-0.25, -0.2) is 13.4 Å². The van der Waals surface area contributed by atoms with E-state index in [2.05, 4.69) is 15.6 Å². The van der Waals surface area contributed by atoms with Crippen molar-refractivity contribution in [3.8, 4) is 0 Å². The number of sulfone groups is 1. The molecule has 0 saturated heterocycles. The number of nitrogens with zero attached hydrogens (tertiary/aromatic N) is 1. The fraction of sp³-hybridized carbons (Fsp3) is 0.389. The molecule has 0 spiro atoms. The van der Waals surface area contributed by atoms with Crippen LogP contribution in [-0.2, 0) is 15.4 Å². The summed E-state index contributed by atoms with van der Waals surface area (Å²) in [7, 11) is -3.36. The van der Waals surface area contributed by atoms with E-state index in [1.807, 2.05) is 6.92 Å². The van der Waals surface area contributed by atoms with Gasteiger partial charge in [-0.1, -0.05) is 18.2 Å². The molecule has 0 aliphatic heterocycles. The number of guanidine groups is 1. The standard InChI is InChI=1S/C18H25N3O4S/c1-3-19-17(21-14-18(2,22)16-10-7-12-25-16)20-11-13-26(23,24)15-8-5-4-6-9-15/h4-10,12,22H,3,11,13-14H2,1-2H3,(H2,19,20,21). The SMILES string of the molecule is CCNC(=NCC(C)(O)c1ccco1)NCCS(=O)(=O)c1ccccc1. The van der Waals surface area contributed by atoms with E-state index < -0.39 is 15.4 Å². The van der Waals surface area contributed by atoms with Crippen molar-refractivity contribution in [2.75, 3.05) is 25.4 Å². The number of furan rings is 1. The highest BCUT2D eigenvalue weighted by molar-refractivity contribution is 7.91. The quantitative estimate of drug-likeness (QED) is 0.475. The van der Waals surface area contributed by atoms with E-state index in [0.717, 1.165) is 0 Å². The zero-order chi connectivity index (χ0) is 19.0. The molecule has 0 bridgehead atoms. The minimum Gasteiger partial charge on any atom is -0.466 e. The number of rotatable bonds is 8. The van der Waals surface area contributed by atoms with E-state index in [0.29, 0.717) is 23.2 Å². The molecule has 0 saturated carbocycles. The Hall–Kier alpha value is -2.32. The third-order valence-corrected chi connectivity index (χ3v) is 5.44. The van der Waals surface area contributed by atoms with Gasteiger partial charge in [-0.15, -0.1) is 0 Å². The van der Waals surface area contributed by atoms with Crippen molar-refractivity contribution in [3.05, 3.63) is 54.5 Å². The Labute approximate surface area is 154 Å². The second kappa shape index (κ2) is 8.86. The minimum absolute atomic E-state index is 0.0595. The molecule has 0 amide bonds. The molecule has 26 heavy (non-hydrogen) atoms. The molecule has 0 fully saturated rings. The molecule has 1 aromatic carbocycles. The molecule has 2 rings (SSSR count). The molecule has 8 heteroatoms. The van der Waals surface area contributed by atoms with Crippen molar-refractivity contribution >= 4 is 15.8 Å². The Bertz CT molecular complexity index is 800. The first-order valence-corrected chi connectivity index (χ1v) is 10.1. The zero-order valence-electron chi connectivity index (χ0n) is 15.0. The van der Waals surface area contributed by atoms with Crippen molar-refractivity contribution in [1.82, 2.24) is 10.6 Å². The molecule has 0 aliphatic rings. The van der Waals surface area contributed by atoms with Gasteiger partial charge in [0.1, 0.15) is 11.4 Å². The van der Waals surface area contributed by atoms with Gasteiger partial charge < -0.3 is 20.2 Å². The molecule has 2 aromatic rings. The molecular formula is C18H25N3O4S. The zero-order valence-corrected chi connectivity index (χ0v) is 15.8. The smallest absolute Gasteiger partial charge is 0.191 e. The lowest BCUT2D eigenvalue weighted by Crippen LogP contribution is -2.40. The van der Waals surface area contributed by atoms with Crippen molar-refractivity contribution < 1.29 is 17.9 Å². The molecular weight excluding hydrogens is 354 g/mol. The molecule has 0 aliphatic carbocycles. The Balaban J connectivity index is 1.95. The molecule has 0 radical (unpaired) electrons. The van der Waals surface area contributed by atoms with Gasteiger partial charge in [0.25, 0.3) is 0 Å². The van der Waals surface area contributed by atoms with Crippen molar-refractivity contribution in [1.29, 1.82) is 0 Å². The maximum Gasteiger partial charge on any atom is 0.191 e. The third kappa shape index (κ3) is 5.60. The summed E-state index contributed by atoms with van der Waals surface area (Å²) in [5, 5.41) is 16.5. The summed E-state index contributed by atoms with van der Waals surface area (Å²) in [6, 6.07) is 11.7. The van der Waals surface area contributed by atoms with Gasteiger partial charge in [0.15, 0.2) is 15.8 Å². The van der Waals surface area contributed by atoms with Crippen molar-refractivity contribution in [2.45, 2.75) is 24.3 Å². The van der Waals surface area contributed by atoms with Gasteiger partial charge in [-0.2, -0.15) is 0 Å². The lowest BCUT2D eigenvalue weighted by atomic mass is 10.0. The predicted octanol–water partition coefficient (Wildman–Crippen LogP) is 1.52. The summed E-state index contributed by atoms with van der Waals surface area (Å²) < 4.78 is 29.8. The van der Waals surface area contributed by atoms with Gasteiger partial charge in [0.2, 0.25) is 0 Å². The Kier molecular flexibility index (Phi) is 6.82. The van der Waals surface area contributed by atoms with E-state index in [-0.39, 0.29) is 18.8 Å². The number of aliphatic imine (C=N–C) groups is 1. The van der Waals surface area contributed by atoms with Crippen molar-refractivity contribution in [3.63, 3.8) is 0 Å². The van der Waals surface area contributed by atoms with Crippen LogP contribution in [0.15, 0.2) is 63.0 Å². The third-order valence-electron chi connectivity index (χ3n) is 3.71. The van der Waals surface area contributed by atoms with Crippen LogP contribution < -0.4 is 10.6 Å². The number of hydrogen-bond acceptors (Lipinski definition) is 5. The largest absolute Gasteiger partial charge is 0.466 e. The summed E-state index contributed by atoms with van der Waals surface area (Å²) in [5.41, 5.74) is -1.25. The van der Waals surface area contributed by atoms with Crippen LogP contribution >= 0.6 is 0 Å². The highest BCUT2D eigenvalue weighted by Gasteiger charge is 2.26. The Morgan fingerprint density at radius 2 is 1.92 bits per heavy atom. The van der Waals surface area contributed by atoms with E-state index in [4.69, 9.17) is 4.42 Å². The van der Waals surface area contributed by atoms with E-state index >= 15 is 0 Å². The van der Waals surface area contributed by atoms with E-state index in [9.17, 15) is 13.5 Å². The van der Waals surface area contributed by atoms with Crippen LogP contribution in [0.2, 0.25) is 0 Å². The molecule has 1 heterocycles. The number of hydrogen-bond donors (Lipinski definition) is 3. The number of benzene rings is 1. The van der Waals surface area contributed by atoms with Crippen LogP contribution in [0.5, 0.6) is 0 Å².